The highest BCUT2D eigenvalue weighted by Crippen LogP contribution is 2.42. The van der Waals surface area contributed by atoms with E-state index in [1.807, 2.05) is 13.8 Å². The van der Waals surface area contributed by atoms with Crippen LogP contribution in [-0.2, 0) is 4.79 Å². The molecule has 1 aliphatic heterocycles. The first-order chi connectivity index (χ1) is 9.79. The minimum atomic E-state index is -0.958. The van der Waals surface area contributed by atoms with Gasteiger partial charge in [0.05, 0.1) is 10.3 Å². The highest BCUT2D eigenvalue weighted by atomic mass is 19.1. The molecule has 1 aromatic rings. The molecule has 0 radical (unpaired) electrons. The van der Waals surface area contributed by atoms with Gasteiger partial charge in [0.2, 0.25) is 5.82 Å². The zero-order chi connectivity index (χ0) is 15.8. The normalized spacial score (nSPS) is 21.8. The molecule has 114 valence electrons. The van der Waals surface area contributed by atoms with Gasteiger partial charge >= 0.3 is 11.7 Å². The number of rotatable bonds is 4. The van der Waals surface area contributed by atoms with Gasteiger partial charge in [-0.3, -0.25) is 14.9 Å². The van der Waals surface area contributed by atoms with Gasteiger partial charge in [-0.05, 0) is 24.5 Å². The van der Waals surface area contributed by atoms with Crippen LogP contribution < -0.4 is 4.90 Å². The molecule has 6 nitrogen and oxygen atoms in total. The topological polar surface area (TPSA) is 83.7 Å². The van der Waals surface area contributed by atoms with E-state index >= 15 is 0 Å². The standard InChI is InChI=1S/C14H17FN2O4/c1-9(2)14(13(18)19)6-7-16(8-14)11-5-3-4-10(15)12(11)17(20)21/h3-5,9H,6-8H2,1-2H3,(H,18,19). The summed E-state index contributed by atoms with van der Waals surface area (Å²) in [5.74, 6) is -1.94. The first-order valence-electron chi connectivity index (χ1n) is 6.71. The van der Waals surface area contributed by atoms with Crippen molar-refractivity contribution in [1.82, 2.24) is 0 Å². The minimum Gasteiger partial charge on any atom is -0.481 e. The lowest BCUT2D eigenvalue weighted by atomic mass is 9.76. The lowest BCUT2D eigenvalue weighted by Gasteiger charge is -2.29. The van der Waals surface area contributed by atoms with Crippen LogP contribution in [0.25, 0.3) is 0 Å². The summed E-state index contributed by atoms with van der Waals surface area (Å²) >= 11 is 0. The molecule has 7 heteroatoms. The highest BCUT2D eigenvalue weighted by Gasteiger charge is 2.48. The van der Waals surface area contributed by atoms with Crippen molar-refractivity contribution in [2.45, 2.75) is 20.3 Å². The molecule has 0 bridgehead atoms. The number of para-hydroxylation sites is 1. The van der Waals surface area contributed by atoms with E-state index in [0.29, 0.717) is 13.0 Å². The first-order valence-corrected chi connectivity index (χ1v) is 6.71. The summed E-state index contributed by atoms with van der Waals surface area (Å²) in [5, 5.41) is 20.5. The fourth-order valence-electron chi connectivity index (χ4n) is 2.87. The van der Waals surface area contributed by atoms with Crippen LogP contribution in [0.15, 0.2) is 18.2 Å². The first kappa shape index (κ1) is 15.2. The number of halogens is 1. The Morgan fingerprint density at radius 2 is 2.19 bits per heavy atom. The largest absolute Gasteiger partial charge is 0.481 e. The van der Waals surface area contributed by atoms with Gasteiger partial charge in [-0.2, -0.15) is 4.39 Å². The highest BCUT2D eigenvalue weighted by molar-refractivity contribution is 5.78. The Morgan fingerprint density at radius 1 is 1.52 bits per heavy atom. The molecule has 0 aromatic heterocycles. The number of carbonyl (C=O) groups is 1. The van der Waals surface area contributed by atoms with Gasteiger partial charge in [0.1, 0.15) is 5.69 Å². The Bertz CT molecular complexity index is 590. The fourth-order valence-corrected chi connectivity index (χ4v) is 2.87. The second-order valence-corrected chi connectivity index (χ2v) is 5.65. The molecular weight excluding hydrogens is 279 g/mol. The average molecular weight is 296 g/mol. The number of hydrogen-bond donors (Lipinski definition) is 1. The van der Waals surface area contributed by atoms with Crippen LogP contribution in [0.4, 0.5) is 15.8 Å². The molecular formula is C14H17FN2O4. The molecule has 1 saturated heterocycles. The molecule has 1 fully saturated rings. The third-order valence-corrected chi connectivity index (χ3v) is 4.32. The molecule has 1 atom stereocenters. The molecule has 0 spiro atoms. The molecule has 21 heavy (non-hydrogen) atoms. The van der Waals surface area contributed by atoms with Crippen molar-refractivity contribution in [3.8, 4) is 0 Å². The number of carboxylic acids is 1. The van der Waals surface area contributed by atoms with Crippen molar-refractivity contribution in [2.24, 2.45) is 11.3 Å². The quantitative estimate of drug-likeness (QED) is 0.682. The van der Waals surface area contributed by atoms with Gasteiger partial charge < -0.3 is 10.0 Å². The van der Waals surface area contributed by atoms with Gasteiger partial charge in [0, 0.05) is 13.1 Å². The summed E-state index contributed by atoms with van der Waals surface area (Å²) in [7, 11) is 0. The lowest BCUT2D eigenvalue weighted by molar-refractivity contribution is -0.386. The van der Waals surface area contributed by atoms with Gasteiger partial charge in [-0.1, -0.05) is 19.9 Å². The van der Waals surface area contributed by atoms with Crippen LogP contribution in [0.5, 0.6) is 0 Å². The molecule has 2 rings (SSSR count). The summed E-state index contributed by atoms with van der Waals surface area (Å²) < 4.78 is 13.7. The van der Waals surface area contributed by atoms with E-state index in [9.17, 15) is 24.4 Å². The summed E-state index contributed by atoms with van der Waals surface area (Å²) in [4.78, 5) is 23.5. The maximum Gasteiger partial charge on any atom is 0.327 e. The van der Waals surface area contributed by atoms with Crippen LogP contribution in [0.1, 0.15) is 20.3 Å². The zero-order valence-electron chi connectivity index (χ0n) is 11.9. The van der Waals surface area contributed by atoms with Crippen molar-refractivity contribution in [2.75, 3.05) is 18.0 Å². The third kappa shape index (κ3) is 2.43. The maximum atomic E-state index is 13.7. The number of anilines is 1. The van der Waals surface area contributed by atoms with Crippen LogP contribution in [0, 0.1) is 27.3 Å². The number of hydrogen-bond acceptors (Lipinski definition) is 4. The van der Waals surface area contributed by atoms with E-state index < -0.39 is 27.8 Å². The van der Waals surface area contributed by atoms with Crippen LogP contribution >= 0.6 is 0 Å². The second-order valence-electron chi connectivity index (χ2n) is 5.65. The van der Waals surface area contributed by atoms with E-state index in [0.717, 1.165) is 6.07 Å². The van der Waals surface area contributed by atoms with Crippen LogP contribution in [-0.4, -0.2) is 29.1 Å². The van der Waals surface area contributed by atoms with Gasteiger partial charge in [0.15, 0.2) is 0 Å². The van der Waals surface area contributed by atoms with Crippen LogP contribution in [0.3, 0.4) is 0 Å². The van der Waals surface area contributed by atoms with Gasteiger partial charge in [-0.15, -0.1) is 0 Å². The lowest BCUT2D eigenvalue weighted by Crippen LogP contribution is -2.39. The Balaban J connectivity index is 2.41. The number of nitrogens with zero attached hydrogens (tertiary/aromatic N) is 2. The maximum absolute atomic E-state index is 13.7. The average Bonchev–Trinajstić information content (AvgIpc) is 2.84. The number of benzene rings is 1. The Morgan fingerprint density at radius 3 is 2.67 bits per heavy atom. The number of nitro groups is 1. The fraction of sp³-hybridized carbons (Fsp3) is 0.500. The molecule has 1 N–H and O–H groups in total. The number of carboxylic acid groups (broad SMARTS) is 1. The molecule has 0 aliphatic carbocycles. The minimum absolute atomic E-state index is 0.118. The molecule has 1 heterocycles. The smallest absolute Gasteiger partial charge is 0.327 e. The Kier molecular flexibility index (Phi) is 3.85. The number of aliphatic carboxylic acids is 1. The number of nitro benzene ring substituents is 1. The summed E-state index contributed by atoms with van der Waals surface area (Å²) in [5.41, 5.74) is -1.41. The zero-order valence-corrected chi connectivity index (χ0v) is 11.9. The van der Waals surface area contributed by atoms with E-state index in [2.05, 4.69) is 0 Å². The molecule has 0 amide bonds. The Labute approximate surface area is 121 Å². The summed E-state index contributed by atoms with van der Waals surface area (Å²) in [6, 6.07) is 3.89. The predicted molar refractivity (Wildman–Crippen MR) is 74.8 cm³/mol. The van der Waals surface area contributed by atoms with Crippen LogP contribution in [0.2, 0.25) is 0 Å². The second kappa shape index (κ2) is 5.31. The van der Waals surface area contributed by atoms with E-state index in [1.165, 1.54) is 12.1 Å². The SMILES string of the molecule is CC(C)C1(C(=O)O)CCN(c2cccc(F)c2[N+](=O)[O-])C1. The molecule has 1 aromatic carbocycles. The predicted octanol–water partition coefficient (Wildman–Crippen LogP) is 2.67. The van der Waals surface area contributed by atoms with Crippen molar-refractivity contribution >= 4 is 17.3 Å². The Hall–Kier alpha value is -2.18. The van der Waals surface area contributed by atoms with Crippen molar-refractivity contribution in [1.29, 1.82) is 0 Å². The van der Waals surface area contributed by atoms with Crippen molar-refractivity contribution in [3.05, 3.63) is 34.1 Å². The van der Waals surface area contributed by atoms with Gasteiger partial charge in [-0.25, -0.2) is 0 Å². The summed E-state index contributed by atoms with van der Waals surface area (Å²) in [6.07, 6.45) is 0.383. The molecule has 1 aliphatic rings. The van der Waals surface area contributed by atoms with E-state index in [4.69, 9.17) is 0 Å². The monoisotopic (exact) mass is 296 g/mol. The summed E-state index contributed by atoms with van der Waals surface area (Å²) in [6.45, 7) is 4.13. The third-order valence-electron chi connectivity index (χ3n) is 4.32. The van der Waals surface area contributed by atoms with E-state index in [-0.39, 0.29) is 18.2 Å². The van der Waals surface area contributed by atoms with E-state index in [1.54, 1.807) is 4.90 Å². The van der Waals surface area contributed by atoms with Crippen molar-refractivity contribution < 1.29 is 19.2 Å². The molecule has 0 saturated carbocycles. The van der Waals surface area contributed by atoms with Crippen molar-refractivity contribution in [3.63, 3.8) is 0 Å². The molecule has 1 unspecified atom stereocenters. The van der Waals surface area contributed by atoms with Gasteiger partial charge in [0.25, 0.3) is 0 Å².